The minimum Gasteiger partial charge on any atom is -0.480 e. The third kappa shape index (κ3) is 5.50. The van der Waals surface area contributed by atoms with E-state index in [4.69, 9.17) is 0 Å². The predicted octanol–water partition coefficient (Wildman–Crippen LogP) is 0.750. The van der Waals surface area contributed by atoms with E-state index in [-0.39, 0.29) is 12.2 Å². The maximum atomic E-state index is 11.2. The third-order valence-electron chi connectivity index (χ3n) is 3.13. The summed E-state index contributed by atoms with van der Waals surface area (Å²) in [6, 6.07) is -0.650. The molecule has 0 aromatic carbocycles. The standard InChI is InChI=1S/C11H21NO4S/c1-17(15,16)9-6-10(11(13)14)12-7-4-2-3-5-8-12/h10H,2-9H2,1H3,(H,13,14). The van der Waals surface area contributed by atoms with Gasteiger partial charge in [0.15, 0.2) is 0 Å². The molecular weight excluding hydrogens is 242 g/mol. The number of aliphatic carboxylic acids is 1. The van der Waals surface area contributed by atoms with Crippen LogP contribution in [0.5, 0.6) is 0 Å². The Balaban J connectivity index is 2.60. The monoisotopic (exact) mass is 263 g/mol. The van der Waals surface area contributed by atoms with Crippen LogP contribution in [0.25, 0.3) is 0 Å². The predicted molar refractivity (Wildman–Crippen MR) is 65.8 cm³/mol. The third-order valence-corrected chi connectivity index (χ3v) is 4.11. The minimum absolute atomic E-state index is 0.0551. The molecule has 1 saturated heterocycles. The second-order valence-electron chi connectivity index (χ2n) is 4.72. The molecule has 1 N–H and O–H groups in total. The van der Waals surface area contributed by atoms with Gasteiger partial charge in [0.1, 0.15) is 15.9 Å². The quantitative estimate of drug-likeness (QED) is 0.792. The van der Waals surface area contributed by atoms with E-state index in [0.717, 1.165) is 45.0 Å². The van der Waals surface area contributed by atoms with Gasteiger partial charge in [-0.2, -0.15) is 0 Å². The molecule has 0 amide bonds. The van der Waals surface area contributed by atoms with Gasteiger partial charge in [0.25, 0.3) is 0 Å². The molecule has 0 aromatic heterocycles. The SMILES string of the molecule is CS(=O)(=O)CCC(C(=O)O)N1CCCCCC1. The lowest BCUT2D eigenvalue weighted by Gasteiger charge is -2.27. The second kappa shape index (κ2) is 6.35. The molecule has 0 bridgehead atoms. The van der Waals surface area contributed by atoms with Crippen LogP contribution in [0.3, 0.4) is 0 Å². The normalized spacial score (nSPS) is 20.8. The van der Waals surface area contributed by atoms with Crippen molar-refractivity contribution in [1.29, 1.82) is 0 Å². The number of likely N-dealkylation sites (tertiary alicyclic amines) is 1. The summed E-state index contributed by atoms with van der Waals surface area (Å²) in [5.74, 6) is -0.962. The highest BCUT2D eigenvalue weighted by Crippen LogP contribution is 2.15. The summed E-state index contributed by atoms with van der Waals surface area (Å²) in [5, 5.41) is 9.18. The summed E-state index contributed by atoms with van der Waals surface area (Å²) < 4.78 is 22.2. The highest BCUT2D eigenvalue weighted by Gasteiger charge is 2.26. The molecule has 5 nitrogen and oxygen atoms in total. The van der Waals surface area contributed by atoms with Crippen LogP contribution in [-0.4, -0.2) is 55.5 Å². The van der Waals surface area contributed by atoms with Gasteiger partial charge in [-0.3, -0.25) is 9.69 Å². The molecule has 1 rings (SSSR count). The smallest absolute Gasteiger partial charge is 0.320 e. The first kappa shape index (κ1) is 14.4. The average Bonchev–Trinajstić information content (AvgIpc) is 2.44. The Kier molecular flexibility index (Phi) is 5.39. The van der Waals surface area contributed by atoms with Crippen molar-refractivity contribution in [1.82, 2.24) is 4.90 Å². The first-order valence-corrected chi connectivity index (χ1v) is 8.11. The summed E-state index contributed by atoms with van der Waals surface area (Å²) in [4.78, 5) is 13.1. The number of sulfone groups is 1. The van der Waals surface area contributed by atoms with Crippen LogP contribution < -0.4 is 0 Å². The van der Waals surface area contributed by atoms with E-state index in [1.807, 2.05) is 4.90 Å². The number of hydrogen-bond donors (Lipinski definition) is 1. The molecule has 1 heterocycles. The van der Waals surface area contributed by atoms with E-state index in [0.29, 0.717) is 0 Å². The van der Waals surface area contributed by atoms with Crippen LogP contribution in [0, 0.1) is 0 Å². The van der Waals surface area contributed by atoms with Crippen LogP contribution >= 0.6 is 0 Å². The molecule has 0 aliphatic carbocycles. The van der Waals surface area contributed by atoms with Crippen LogP contribution in [0.2, 0.25) is 0 Å². The number of carboxylic acid groups (broad SMARTS) is 1. The Bertz CT molecular complexity index is 344. The Hall–Kier alpha value is -0.620. The number of rotatable bonds is 5. The lowest BCUT2D eigenvalue weighted by atomic mass is 10.2. The molecule has 0 saturated carbocycles. The Morgan fingerprint density at radius 3 is 2.18 bits per heavy atom. The van der Waals surface area contributed by atoms with Crippen molar-refractivity contribution >= 4 is 15.8 Å². The minimum atomic E-state index is -3.09. The number of carbonyl (C=O) groups is 1. The largest absolute Gasteiger partial charge is 0.480 e. The first-order valence-electron chi connectivity index (χ1n) is 6.05. The van der Waals surface area contributed by atoms with Gasteiger partial charge in [0.2, 0.25) is 0 Å². The fourth-order valence-corrected chi connectivity index (χ4v) is 2.85. The lowest BCUT2D eigenvalue weighted by molar-refractivity contribution is -0.143. The first-order chi connectivity index (χ1) is 7.90. The van der Waals surface area contributed by atoms with Gasteiger partial charge in [0, 0.05) is 6.26 Å². The van der Waals surface area contributed by atoms with Gasteiger partial charge in [-0.15, -0.1) is 0 Å². The summed E-state index contributed by atoms with van der Waals surface area (Å²) in [5.41, 5.74) is 0. The molecule has 0 radical (unpaired) electrons. The van der Waals surface area contributed by atoms with Gasteiger partial charge in [-0.1, -0.05) is 12.8 Å². The van der Waals surface area contributed by atoms with Crippen molar-refractivity contribution in [3.8, 4) is 0 Å². The van der Waals surface area contributed by atoms with E-state index in [1.54, 1.807) is 0 Å². The number of nitrogens with zero attached hydrogens (tertiary/aromatic N) is 1. The van der Waals surface area contributed by atoms with Gasteiger partial charge >= 0.3 is 5.97 Å². The zero-order valence-electron chi connectivity index (χ0n) is 10.3. The fraction of sp³-hybridized carbons (Fsp3) is 0.909. The summed E-state index contributed by atoms with van der Waals surface area (Å²) in [7, 11) is -3.09. The molecule has 1 aliphatic rings. The van der Waals surface area contributed by atoms with E-state index in [9.17, 15) is 18.3 Å². The van der Waals surface area contributed by atoms with Crippen molar-refractivity contribution in [3.63, 3.8) is 0 Å². The molecule has 6 heteroatoms. The molecule has 1 fully saturated rings. The van der Waals surface area contributed by atoms with Crippen LogP contribution in [0.1, 0.15) is 32.1 Å². The van der Waals surface area contributed by atoms with Crippen molar-refractivity contribution in [2.45, 2.75) is 38.1 Å². The second-order valence-corrected chi connectivity index (χ2v) is 6.98. The van der Waals surface area contributed by atoms with Crippen molar-refractivity contribution < 1.29 is 18.3 Å². The molecule has 1 unspecified atom stereocenters. The van der Waals surface area contributed by atoms with Gasteiger partial charge < -0.3 is 5.11 Å². The summed E-state index contributed by atoms with van der Waals surface area (Å²) in [6.45, 7) is 1.53. The summed E-state index contributed by atoms with van der Waals surface area (Å²) in [6.07, 6.45) is 5.61. The van der Waals surface area contributed by atoms with Gasteiger partial charge in [-0.05, 0) is 32.4 Å². The molecular formula is C11H21NO4S. The molecule has 17 heavy (non-hydrogen) atoms. The highest BCUT2D eigenvalue weighted by molar-refractivity contribution is 7.90. The van der Waals surface area contributed by atoms with Crippen LogP contribution in [0.15, 0.2) is 0 Å². The summed E-state index contributed by atoms with van der Waals surface area (Å²) >= 11 is 0. The zero-order valence-corrected chi connectivity index (χ0v) is 11.1. The molecule has 0 aromatic rings. The van der Waals surface area contributed by atoms with Gasteiger partial charge in [0.05, 0.1) is 5.75 Å². The van der Waals surface area contributed by atoms with Crippen molar-refractivity contribution in [2.75, 3.05) is 25.1 Å². The van der Waals surface area contributed by atoms with Crippen molar-refractivity contribution in [2.24, 2.45) is 0 Å². The average molecular weight is 263 g/mol. The maximum absolute atomic E-state index is 11.2. The van der Waals surface area contributed by atoms with E-state index < -0.39 is 21.8 Å². The van der Waals surface area contributed by atoms with Crippen LogP contribution in [-0.2, 0) is 14.6 Å². The van der Waals surface area contributed by atoms with Crippen molar-refractivity contribution in [3.05, 3.63) is 0 Å². The topological polar surface area (TPSA) is 74.7 Å². The number of hydrogen-bond acceptors (Lipinski definition) is 4. The molecule has 100 valence electrons. The number of carboxylic acids is 1. The van der Waals surface area contributed by atoms with E-state index in [1.165, 1.54) is 0 Å². The molecule has 0 spiro atoms. The van der Waals surface area contributed by atoms with E-state index >= 15 is 0 Å². The van der Waals surface area contributed by atoms with Gasteiger partial charge in [-0.25, -0.2) is 8.42 Å². The zero-order chi connectivity index (χ0) is 12.9. The Morgan fingerprint density at radius 1 is 1.24 bits per heavy atom. The Labute approximate surface area is 103 Å². The Morgan fingerprint density at radius 2 is 1.76 bits per heavy atom. The van der Waals surface area contributed by atoms with Crippen LogP contribution in [0.4, 0.5) is 0 Å². The lowest BCUT2D eigenvalue weighted by Crippen LogP contribution is -2.42. The van der Waals surface area contributed by atoms with E-state index in [2.05, 4.69) is 0 Å². The fourth-order valence-electron chi connectivity index (χ4n) is 2.19. The highest BCUT2D eigenvalue weighted by atomic mass is 32.2. The maximum Gasteiger partial charge on any atom is 0.320 e. The molecule has 1 aliphatic heterocycles. The molecule has 1 atom stereocenters.